The Bertz CT molecular complexity index is 553. The fourth-order valence-corrected chi connectivity index (χ4v) is 2.49. The summed E-state index contributed by atoms with van der Waals surface area (Å²) >= 11 is 0. The molecule has 4 heteroatoms. The Morgan fingerprint density at radius 1 is 1.22 bits per heavy atom. The van der Waals surface area contributed by atoms with Crippen LogP contribution in [0.25, 0.3) is 0 Å². The summed E-state index contributed by atoms with van der Waals surface area (Å²) < 4.78 is 0. The summed E-state index contributed by atoms with van der Waals surface area (Å²) in [4.78, 5) is 2.23. The topological polar surface area (TPSA) is 55.0 Å². The molecule has 0 unspecified atom stereocenters. The van der Waals surface area contributed by atoms with Gasteiger partial charge in [0.05, 0.1) is 6.20 Å². The smallest absolute Gasteiger partial charge is 0.160 e. The Labute approximate surface area is 106 Å². The molecule has 0 saturated heterocycles. The molecule has 92 valence electrons. The van der Waals surface area contributed by atoms with Gasteiger partial charge in [-0.3, -0.25) is 0 Å². The lowest BCUT2D eigenvalue weighted by Gasteiger charge is -2.31. The van der Waals surface area contributed by atoms with E-state index in [0.29, 0.717) is 6.54 Å². The van der Waals surface area contributed by atoms with Gasteiger partial charge in [-0.1, -0.05) is 18.2 Å². The first kappa shape index (κ1) is 11.2. The van der Waals surface area contributed by atoms with E-state index in [4.69, 9.17) is 5.73 Å². The van der Waals surface area contributed by atoms with E-state index < -0.39 is 0 Å². The maximum absolute atomic E-state index is 5.78. The van der Waals surface area contributed by atoms with Gasteiger partial charge in [-0.15, -0.1) is 5.10 Å². The molecule has 0 radical (unpaired) electrons. The molecule has 2 heterocycles. The van der Waals surface area contributed by atoms with Crippen LogP contribution >= 0.6 is 0 Å². The van der Waals surface area contributed by atoms with Crippen LogP contribution in [0.3, 0.4) is 0 Å². The van der Waals surface area contributed by atoms with Gasteiger partial charge in [-0.2, -0.15) is 5.10 Å². The number of nitrogens with zero attached hydrogens (tertiary/aromatic N) is 3. The summed E-state index contributed by atoms with van der Waals surface area (Å²) in [7, 11) is 0. The standard InChI is InChI=1S/C14H16N4/c15-10-12-7-8-16-17-14(12)18-9-3-5-11-4-1-2-6-13(11)18/h1-2,4,6-8H,3,5,9-10,15H2. The molecule has 0 saturated carbocycles. The Balaban J connectivity index is 2.08. The van der Waals surface area contributed by atoms with Crippen molar-refractivity contribution in [1.82, 2.24) is 10.2 Å². The molecule has 0 fully saturated rings. The van der Waals surface area contributed by atoms with Crippen molar-refractivity contribution in [3.63, 3.8) is 0 Å². The molecule has 3 rings (SSSR count). The van der Waals surface area contributed by atoms with E-state index >= 15 is 0 Å². The highest BCUT2D eigenvalue weighted by atomic mass is 15.3. The molecule has 0 bridgehead atoms. The molecule has 1 aromatic heterocycles. The second-order valence-corrected chi connectivity index (χ2v) is 4.47. The third-order valence-electron chi connectivity index (χ3n) is 3.37. The Kier molecular flexibility index (Phi) is 2.94. The zero-order valence-electron chi connectivity index (χ0n) is 10.2. The number of aromatic nitrogens is 2. The molecule has 4 nitrogen and oxygen atoms in total. The van der Waals surface area contributed by atoms with Crippen LogP contribution in [0.2, 0.25) is 0 Å². The average molecular weight is 240 g/mol. The van der Waals surface area contributed by atoms with E-state index in [0.717, 1.165) is 30.8 Å². The van der Waals surface area contributed by atoms with Crippen molar-refractivity contribution >= 4 is 11.5 Å². The molecule has 18 heavy (non-hydrogen) atoms. The molecule has 0 amide bonds. The minimum atomic E-state index is 0.490. The Morgan fingerprint density at radius 2 is 2.11 bits per heavy atom. The van der Waals surface area contributed by atoms with E-state index in [1.54, 1.807) is 6.20 Å². The molecule has 0 atom stereocenters. The highest BCUT2D eigenvalue weighted by Gasteiger charge is 2.20. The lowest BCUT2D eigenvalue weighted by Crippen LogP contribution is -2.27. The van der Waals surface area contributed by atoms with E-state index in [1.807, 2.05) is 6.07 Å². The largest absolute Gasteiger partial charge is 0.326 e. The number of fused-ring (bicyclic) bond motifs is 1. The fourth-order valence-electron chi connectivity index (χ4n) is 2.49. The monoisotopic (exact) mass is 240 g/mol. The fraction of sp³-hybridized carbons (Fsp3) is 0.286. The molecule has 2 N–H and O–H groups in total. The van der Waals surface area contributed by atoms with E-state index in [-0.39, 0.29) is 0 Å². The van der Waals surface area contributed by atoms with Crippen LogP contribution in [0, 0.1) is 0 Å². The first-order chi connectivity index (χ1) is 8.90. The highest BCUT2D eigenvalue weighted by molar-refractivity contribution is 5.67. The Morgan fingerprint density at radius 3 is 3.00 bits per heavy atom. The predicted octanol–water partition coefficient (Wildman–Crippen LogP) is 2.02. The summed E-state index contributed by atoms with van der Waals surface area (Å²) in [5.74, 6) is 0.896. The maximum atomic E-state index is 5.78. The van der Waals surface area contributed by atoms with Gasteiger partial charge in [0.1, 0.15) is 0 Å². The minimum absolute atomic E-state index is 0.490. The summed E-state index contributed by atoms with van der Waals surface area (Å²) in [6.07, 6.45) is 3.96. The number of para-hydroxylation sites is 1. The lowest BCUT2D eigenvalue weighted by atomic mass is 10.0. The van der Waals surface area contributed by atoms with Crippen LogP contribution < -0.4 is 10.6 Å². The van der Waals surface area contributed by atoms with Crippen molar-refractivity contribution in [2.24, 2.45) is 5.73 Å². The van der Waals surface area contributed by atoms with Crippen molar-refractivity contribution in [3.05, 3.63) is 47.7 Å². The molecular formula is C14H16N4. The number of hydrogen-bond donors (Lipinski definition) is 1. The SMILES string of the molecule is NCc1ccnnc1N1CCCc2ccccc21. The van der Waals surface area contributed by atoms with E-state index in [1.165, 1.54) is 11.3 Å². The van der Waals surface area contributed by atoms with Crippen molar-refractivity contribution in [2.75, 3.05) is 11.4 Å². The van der Waals surface area contributed by atoms with Gasteiger partial charge in [0.15, 0.2) is 5.82 Å². The van der Waals surface area contributed by atoms with Crippen LogP contribution in [-0.4, -0.2) is 16.7 Å². The van der Waals surface area contributed by atoms with Crippen molar-refractivity contribution < 1.29 is 0 Å². The van der Waals surface area contributed by atoms with Crippen LogP contribution in [-0.2, 0) is 13.0 Å². The number of rotatable bonds is 2. The molecular weight excluding hydrogens is 224 g/mol. The second-order valence-electron chi connectivity index (χ2n) is 4.47. The van der Waals surface area contributed by atoms with Crippen LogP contribution in [0.4, 0.5) is 11.5 Å². The van der Waals surface area contributed by atoms with Gasteiger partial charge >= 0.3 is 0 Å². The number of hydrogen-bond acceptors (Lipinski definition) is 4. The Hall–Kier alpha value is -1.94. The third kappa shape index (κ3) is 1.84. The highest BCUT2D eigenvalue weighted by Crippen LogP contribution is 2.33. The van der Waals surface area contributed by atoms with Crippen LogP contribution in [0.15, 0.2) is 36.5 Å². The summed E-state index contributed by atoms with van der Waals surface area (Å²) in [6.45, 7) is 1.46. The maximum Gasteiger partial charge on any atom is 0.160 e. The van der Waals surface area contributed by atoms with Gasteiger partial charge in [0.25, 0.3) is 0 Å². The van der Waals surface area contributed by atoms with Gasteiger partial charge in [-0.25, -0.2) is 0 Å². The normalized spacial score (nSPS) is 14.4. The summed E-state index contributed by atoms with van der Waals surface area (Å²) in [5, 5.41) is 8.26. The van der Waals surface area contributed by atoms with Crippen LogP contribution in [0.1, 0.15) is 17.5 Å². The zero-order valence-corrected chi connectivity index (χ0v) is 10.2. The quantitative estimate of drug-likeness (QED) is 0.872. The van der Waals surface area contributed by atoms with Gasteiger partial charge < -0.3 is 10.6 Å². The first-order valence-corrected chi connectivity index (χ1v) is 6.26. The predicted molar refractivity (Wildman–Crippen MR) is 71.7 cm³/mol. The molecule has 1 aliphatic rings. The van der Waals surface area contributed by atoms with Gasteiger partial charge in [0, 0.05) is 24.3 Å². The second kappa shape index (κ2) is 4.74. The third-order valence-corrected chi connectivity index (χ3v) is 3.37. The molecule has 0 spiro atoms. The van der Waals surface area contributed by atoms with Gasteiger partial charge in [-0.05, 0) is 30.5 Å². The zero-order chi connectivity index (χ0) is 12.4. The minimum Gasteiger partial charge on any atom is -0.326 e. The van der Waals surface area contributed by atoms with Gasteiger partial charge in [0.2, 0.25) is 0 Å². The molecule has 2 aromatic rings. The number of aryl methyl sites for hydroxylation is 1. The van der Waals surface area contributed by atoms with Crippen LogP contribution in [0.5, 0.6) is 0 Å². The van der Waals surface area contributed by atoms with Crippen molar-refractivity contribution in [2.45, 2.75) is 19.4 Å². The number of benzene rings is 1. The average Bonchev–Trinajstić information content (AvgIpc) is 2.46. The number of anilines is 2. The lowest BCUT2D eigenvalue weighted by molar-refractivity contribution is 0.747. The molecule has 1 aromatic carbocycles. The summed E-state index contributed by atoms with van der Waals surface area (Å²) in [6, 6.07) is 10.4. The van der Waals surface area contributed by atoms with Crippen molar-refractivity contribution in [3.8, 4) is 0 Å². The number of nitrogens with two attached hydrogens (primary N) is 1. The summed E-state index contributed by atoms with van der Waals surface area (Å²) in [5.41, 5.74) is 9.43. The first-order valence-electron chi connectivity index (χ1n) is 6.26. The van der Waals surface area contributed by atoms with E-state index in [2.05, 4.69) is 39.4 Å². The van der Waals surface area contributed by atoms with Crippen molar-refractivity contribution in [1.29, 1.82) is 0 Å². The molecule has 1 aliphatic heterocycles. The van der Waals surface area contributed by atoms with E-state index in [9.17, 15) is 0 Å². The molecule has 0 aliphatic carbocycles.